The molecule has 0 aliphatic carbocycles. The summed E-state index contributed by atoms with van der Waals surface area (Å²) in [6.07, 6.45) is 0. The van der Waals surface area contributed by atoms with E-state index in [1.54, 1.807) is 25.1 Å². The molecule has 0 aliphatic heterocycles. The number of rotatable bonds is 5. The van der Waals surface area contributed by atoms with Crippen molar-refractivity contribution in [1.82, 2.24) is 9.97 Å². The molecular weight excluding hydrogens is 394 g/mol. The minimum absolute atomic E-state index is 0.0347. The molecule has 0 spiro atoms. The zero-order valence-corrected chi connectivity index (χ0v) is 15.3. The Morgan fingerprint density at radius 3 is 2.50 bits per heavy atom. The van der Waals surface area contributed by atoms with Crippen LogP contribution in [-0.4, -0.2) is 30.1 Å². The van der Waals surface area contributed by atoms with E-state index in [2.05, 4.69) is 9.97 Å². The molecule has 3 rings (SSSR count). The van der Waals surface area contributed by atoms with E-state index in [-0.39, 0.29) is 23.6 Å². The number of carbonyl (C=O) groups is 1. The van der Waals surface area contributed by atoms with Crippen molar-refractivity contribution in [2.75, 3.05) is 0 Å². The van der Waals surface area contributed by atoms with E-state index >= 15 is 0 Å². The number of para-hydroxylation sites is 1. The second kappa shape index (κ2) is 7.47. The number of benzene rings is 2. The Labute approximate surface area is 157 Å². The smallest absolute Gasteiger partial charge is 0.341 e. The highest BCUT2D eigenvalue weighted by molar-refractivity contribution is 7.91. The van der Waals surface area contributed by atoms with Gasteiger partial charge < -0.3 is 9.72 Å². The number of aromatic amines is 1. The summed E-state index contributed by atoms with van der Waals surface area (Å²) in [6.45, 7) is 1.47. The predicted molar refractivity (Wildman–Crippen MR) is 95.9 cm³/mol. The lowest BCUT2D eigenvalue weighted by Gasteiger charge is -2.07. The SMILES string of the molecule is Cc1cccc2c(=O)[nH]c(COC(=O)c3ccc(S(=O)(=O)C(F)F)cc3)nc12. The topological polar surface area (TPSA) is 106 Å². The van der Waals surface area contributed by atoms with E-state index in [1.807, 2.05) is 0 Å². The first kappa shape index (κ1) is 19.6. The summed E-state index contributed by atoms with van der Waals surface area (Å²) in [5.74, 6) is -4.24. The number of hydrogen-bond acceptors (Lipinski definition) is 6. The van der Waals surface area contributed by atoms with Crippen LogP contribution in [0.15, 0.2) is 52.2 Å². The fraction of sp³-hybridized carbons (Fsp3) is 0.167. The van der Waals surface area contributed by atoms with Gasteiger partial charge in [0.15, 0.2) is 0 Å². The number of carbonyl (C=O) groups excluding carboxylic acids is 1. The van der Waals surface area contributed by atoms with Crippen LogP contribution in [0.4, 0.5) is 8.78 Å². The normalized spacial score (nSPS) is 11.7. The molecule has 7 nitrogen and oxygen atoms in total. The third-order valence-corrected chi connectivity index (χ3v) is 5.38. The number of aryl methyl sites for hydroxylation is 1. The zero-order valence-electron chi connectivity index (χ0n) is 14.5. The van der Waals surface area contributed by atoms with Gasteiger partial charge >= 0.3 is 11.7 Å². The van der Waals surface area contributed by atoms with Crippen LogP contribution < -0.4 is 5.56 Å². The second-order valence-electron chi connectivity index (χ2n) is 5.89. The van der Waals surface area contributed by atoms with Crippen LogP contribution in [0.2, 0.25) is 0 Å². The van der Waals surface area contributed by atoms with Crippen LogP contribution in [0.25, 0.3) is 10.9 Å². The molecule has 1 aromatic heterocycles. The Kier molecular flexibility index (Phi) is 5.23. The molecule has 2 aromatic carbocycles. The van der Waals surface area contributed by atoms with E-state index in [0.717, 1.165) is 29.8 Å². The van der Waals surface area contributed by atoms with Gasteiger partial charge in [-0.25, -0.2) is 18.2 Å². The molecule has 3 aromatic rings. The van der Waals surface area contributed by atoms with Crippen molar-refractivity contribution >= 4 is 26.7 Å². The molecular formula is C18H14F2N2O5S. The van der Waals surface area contributed by atoms with Gasteiger partial charge in [0.25, 0.3) is 5.56 Å². The minimum atomic E-state index is -4.74. The summed E-state index contributed by atoms with van der Waals surface area (Å²) in [4.78, 5) is 30.4. The molecule has 0 atom stereocenters. The molecule has 0 fully saturated rings. The monoisotopic (exact) mass is 408 g/mol. The Morgan fingerprint density at radius 2 is 1.86 bits per heavy atom. The van der Waals surface area contributed by atoms with Crippen molar-refractivity contribution in [3.05, 3.63) is 69.8 Å². The van der Waals surface area contributed by atoms with Gasteiger partial charge in [0.2, 0.25) is 9.84 Å². The fourth-order valence-corrected chi connectivity index (χ4v) is 3.24. The lowest BCUT2D eigenvalue weighted by Crippen LogP contribution is -2.15. The van der Waals surface area contributed by atoms with E-state index in [1.165, 1.54) is 0 Å². The van der Waals surface area contributed by atoms with Crippen molar-refractivity contribution < 1.29 is 26.7 Å². The number of ether oxygens (including phenoxy) is 1. The van der Waals surface area contributed by atoms with E-state index < -0.39 is 26.5 Å². The van der Waals surface area contributed by atoms with E-state index in [0.29, 0.717) is 10.9 Å². The maximum Gasteiger partial charge on any atom is 0.341 e. The van der Waals surface area contributed by atoms with Gasteiger partial charge in [-0.05, 0) is 42.8 Å². The lowest BCUT2D eigenvalue weighted by atomic mass is 10.1. The van der Waals surface area contributed by atoms with E-state index in [9.17, 15) is 26.8 Å². The highest BCUT2D eigenvalue weighted by atomic mass is 32.2. The van der Waals surface area contributed by atoms with Crippen LogP contribution in [0.1, 0.15) is 21.7 Å². The number of esters is 1. The number of nitrogens with one attached hydrogen (secondary N) is 1. The molecule has 0 saturated heterocycles. The van der Waals surface area contributed by atoms with Crippen molar-refractivity contribution in [2.24, 2.45) is 0 Å². The zero-order chi connectivity index (χ0) is 20.5. The average molecular weight is 408 g/mol. The Balaban J connectivity index is 1.77. The molecule has 10 heteroatoms. The molecule has 0 aliphatic rings. The Bertz CT molecular complexity index is 1200. The first-order valence-corrected chi connectivity index (χ1v) is 9.52. The molecule has 0 saturated carbocycles. The summed E-state index contributed by atoms with van der Waals surface area (Å²) >= 11 is 0. The summed E-state index contributed by atoms with van der Waals surface area (Å²) < 4.78 is 52.9. The summed E-state index contributed by atoms with van der Waals surface area (Å²) in [7, 11) is -4.74. The van der Waals surface area contributed by atoms with Gasteiger partial charge in [-0.15, -0.1) is 0 Å². The van der Waals surface area contributed by atoms with Crippen molar-refractivity contribution in [2.45, 2.75) is 24.2 Å². The molecule has 0 bridgehead atoms. The van der Waals surface area contributed by atoms with E-state index in [4.69, 9.17) is 4.74 Å². The highest BCUT2D eigenvalue weighted by Gasteiger charge is 2.26. The van der Waals surface area contributed by atoms with Crippen LogP contribution in [0, 0.1) is 6.92 Å². The first-order valence-electron chi connectivity index (χ1n) is 7.98. The Morgan fingerprint density at radius 1 is 1.18 bits per heavy atom. The predicted octanol–water partition coefficient (Wildman–Crippen LogP) is 2.58. The third-order valence-electron chi connectivity index (χ3n) is 3.98. The number of fused-ring (bicyclic) bond motifs is 1. The molecule has 1 N–H and O–H groups in total. The number of nitrogens with zero attached hydrogens (tertiary/aromatic N) is 1. The summed E-state index contributed by atoms with van der Waals surface area (Å²) in [6, 6.07) is 9.08. The molecule has 28 heavy (non-hydrogen) atoms. The lowest BCUT2D eigenvalue weighted by molar-refractivity contribution is 0.0462. The third kappa shape index (κ3) is 3.77. The number of hydrogen-bond donors (Lipinski definition) is 1. The molecule has 0 radical (unpaired) electrons. The number of halogens is 2. The maximum absolute atomic E-state index is 12.5. The van der Waals surface area contributed by atoms with Gasteiger partial charge in [0.05, 0.1) is 21.4 Å². The van der Waals surface area contributed by atoms with Gasteiger partial charge in [-0.3, -0.25) is 4.79 Å². The summed E-state index contributed by atoms with van der Waals surface area (Å²) in [5, 5.41) is 0.408. The highest BCUT2D eigenvalue weighted by Crippen LogP contribution is 2.19. The second-order valence-corrected chi connectivity index (χ2v) is 7.81. The van der Waals surface area contributed by atoms with Crippen LogP contribution in [-0.2, 0) is 21.2 Å². The van der Waals surface area contributed by atoms with Gasteiger partial charge in [-0.2, -0.15) is 8.78 Å². The number of sulfone groups is 1. The maximum atomic E-state index is 12.5. The standard InChI is InChI=1S/C18H14F2N2O5S/c1-10-3-2-4-13-15(10)21-14(22-16(13)23)9-27-17(24)11-5-7-12(8-6-11)28(25,26)18(19)20/h2-8,18H,9H2,1H3,(H,21,22,23). The van der Waals surface area contributed by atoms with Gasteiger partial charge in [-0.1, -0.05) is 12.1 Å². The number of aromatic nitrogens is 2. The molecule has 146 valence electrons. The Hall–Kier alpha value is -3.14. The van der Waals surface area contributed by atoms with Crippen molar-refractivity contribution in [3.8, 4) is 0 Å². The first-order chi connectivity index (χ1) is 13.2. The molecule has 1 heterocycles. The summed E-state index contributed by atoms with van der Waals surface area (Å²) in [5.41, 5.74) is 0.861. The molecule has 0 unspecified atom stereocenters. The number of H-pyrrole nitrogens is 1. The molecule has 0 amide bonds. The fourth-order valence-electron chi connectivity index (χ4n) is 2.52. The average Bonchev–Trinajstić information content (AvgIpc) is 2.67. The van der Waals surface area contributed by atoms with Crippen LogP contribution in [0.3, 0.4) is 0 Å². The van der Waals surface area contributed by atoms with Crippen molar-refractivity contribution in [3.63, 3.8) is 0 Å². The largest absolute Gasteiger partial charge is 0.454 e. The van der Waals surface area contributed by atoms with Crippen molar-refractivity contribution in [1.29, 1.82) is 0 Å². The minimum Gasteiger partial charge on any atom is -0.454 e. The quantitative estimate of drug-likeness (QED) is 0.651. The van der Waals surface area contributed by atoms with Crippen LogP contribution in [0.5, 0.6) is 0 Å². The number of alkyl halides is 2. The van der Waals surface area contributed by atoms with Gasteiger partial charge in [0.1, 0.15) is 12.4 Å². The van der Waals surface area contributed by atoms with Gasteiger partial charge in [0, 0.05) is 0 Å². The van der Waals surface area contributed by atoms with Crippen LogP contribution >= 0.6 is 0 Å².